The number of carbonyl (C=O) groups is 1. The van der Waals surface area contributed by atoms with E-state index >= 15 is 0 Å². The molecule has 2 saturated heterocycles. The Labute approximate surface area is 91.1 Å². The van der Waals surface area contributed by atoms with Crippen molar-refractivity contribution in [2.45, 2.75) is 63.3 Å². The van der Waals surface area contributed by atoms with Crippen molar-refractivity contribution in [2.75, 3.05) is 6.61 Å². The molecule has 0 aromatic rings. The van der Waals surface area contributed by atoms with Gasteiger partial charge in [-0.05, 0) is 39.5 Å². The minimum Gasteiger partial charge on any atom is -0.378 e. The third-order valence-corrected chi connectivity index (χ3v) is 3.56. The minimum absolute atomic E-state index is 0.162. The quantitative estimate of drug-likeness (QED) is 0.672. The maximum atomic E-state index is 10.9. The van der Waals surface area contributed by atoms with Crippen LogP contribution in [0, 0.1) is 0 Å². The van der Waals surface area contributed by atoms with Crippen molar-refractivity contribution >= 4 is 6.29 Å². The third kappa shape index (κ3) is 2.40. The van der Waals surface area contributed by atoms with E-state index in [2.05, 4.69) is 6.92 Å². The highest BCUT2D eigenvalue weighted by molar-refractivity contribution is 5.62. The molecule has 0 saturated carbocycles. The zero-order valence-corrected chi connectivity index (χ0v) is 9.62. The summed E-state index contributed by atoms with van der Waals surface area (Å²) in [6.07, 6.45) is 6.29. The van der Waals surface area contributed by atoms with Gasteiger partial charge in [0.15, 0.2) is 6.29 Å². The zero-order valence-electron chi connectivity index (χ0n) is 9.62. The van der Waals surface area contributed by atoms with E-state index in [1.165, 1.54) is 0 Å². The molecule has 0 aromatic heterocycles. The summed E-state index contributed by atoms with van der Waals surface area (Å²) in [5.41, 5.74) is -0.724. The molecule has 3 heteroatoms. The molecular formula is C12H20O3. The van der Waals surface area contributed by atoms with Crippen molar-refractivity contribution < 1.29 is 14.3 Å². The van der Waals surface area contributed by atoms with Gasteiger partial charge in [-0.15, -0.1) is 0 Å². The summed E-state index contributed by atoms with van der Waals surface area (Å²) in [6, 6.07) is 0. The Kier molecular flexibility index (Phi) is 2.86. The van der Waals surface area contributed by atoms with Crippen LogP contribution in [0.4, 0.5) is 0 Å². The normalized spacial score (nSPS) is 45.9. The molecule has 2 fully saturated rings. The molecule has 2 aliphatic rings. The second-order valence-electron chi connectivity index (χ2n) is 5.32. The smallest absolute Gasteiger partial charge is 0.151 e. The molecule has 0 aromatic carbocycles. The molecule has 0 spiro atoms. The first-order valence-electron chi connectivity index (χ1n) is 5.83. The second-order valence-corrected chi connectivity index (χ2v) is 5.32. The summed E-state index contributed by atoms with van der Waals surface area (Å²) in [7, 11) is 0. The van der Waals surface area contributed by atoms with E-state index in [-0.39, 0.29) is 5.60 Å². The van der Waals surface area contributed by atoms with E-state index in [9.17, 15) is 4.79 Å². The Balaban J connectivity index is 1.93. The molecule has 0 N–H and O–H groups in total. The first kappa shape index (κ1) is 11.1. The van der Waals surface area contributed by atoms with E-state index in [1.54, 1.807) is 0 Å². The largest absolute Gasteiger partial charge is 0.378 e. The SMILES string of the molecule is CC1(C=O)CCC(C)(CC2CCCO2)O1. The summed E-state index contributed by atoms with van der Waals surface area (Å²) in [5.74, 6) is 0. The van der Waals surface area contributed by atoms with E-state index in [0.717, 1.165) is 45.0 Å². The second kappa shape index (κ2) is 3.87. The van der Waals surface area contributed by atoms with Gasteiger partial charge in [0.25, 0.3) is 0 Å². The van der Waals surface area contributed by atoms with Crippen LogP contribution in [0.1, 0.15) is 46.0 Å². The van der Waals surface area contributed by atoms with Gasteiger partial charge in [0.05, 0.1) is 11.7 Å². The monoisotopic (exact) mass is 212 g/mol. The molecule has 15 heavy (non-hydrogen) atoms. The molecule has 2 rings (SSSR count). The van der Waals surface area contributed by atoms with Crippen LogP contribution >= 0.6 is 0 Å². The van der Waals surface area contributed by atoms with E-state index < -0.39 is 5.60 Å². The van der Waals surface area contributed by atoms with Crippen molar-refractivity contribution in [2.24, 2.45) is 0 Å². The van der Waals surface area contributed by atoms with Gasteiger partial charge in [0.2, 0.25) is 0 Å². The van der Waals surface area contributed by atoms with Gasteiger partial charge in [-0.25, -0.2) is 0 Å². The molecule has 0 aliphatic carbocycles. The molecule has 0 radical (unpaired) electrons. The molecule has 0 bridgehead atoms. The van der Waals surface area contributed by atoms with Gasteiger partial charge in [0, 0.05) is 13.0 Å². The first-order valence-corrected chi connectivity index (χ1v) is 5.83. The number of hydrogen-bond acceptors (Lipinski definition) is 3. The Bertz CT molecular complexity index is 247. The maximum Gasteiger partial charge on any atom is 0.151 e. The van der Waals surface area contributed by atoms with Crippen LogP contribution in [-0.4, -0.2) is 30.2 Å². The Morgan fingerprint density at radius 2 is 2.20 bits per heavy atom. The van der Waals surface area contributed by atoms with E-state index in [0.29, 0.717) is 6.10 Å². The predicted molar refractivity (Wildman–Crippen MR) is 56.8 cm³/mol. The van der Waals surface area contributed by atoms with E-state index in [4.69, 9.17) is 9.47 Å². The van der Waals surface area contributed by atoms with Crippen LogP contribution < -0.4 is 0 Å². The Morgan fingerprint density at radius 3 is 2.73 bits per heavy atom. The van der Waals surface area contributed by atoms with Crippen molar-refractivity contribution in [1.82, 2.24) is 0 Å². The van der Waals surface area contributed by atoms with Crippen molar-refractivity contribution in [3.8, 4) is 0 Å². The lowest BCUT2D eigenvalue weighted by atomic mass is 9.93. The molecule has 86 valence electrons. The number of hydrogen-bond donors (Lipinski definition) is 0. The summed E-state index contributed by atoms with van der Waals surface area (Å²) >= 11 is 0. The average molecular weight is 212 g/mol. The molecule has 3 atom stereocenters. The molecule has 3 unspecified atom stereocenters. The Morgan fingerprint density at radius 1 is 1.40 bits per heavy atom. The highest BCUT2D eigenvalue weighted by Gasteiger charge is 2.45. The topological polar surface area (TPSA) is 35.5 Å². The highest BCUT2D eigenvalue weighted by atomic mass is 16.5. The summed E-state index contributed by atoms with van der Waals surface area (Å²) in [4.78, 5) is 10.9. The molecule has 2 aliphatic heterocycles. The fourth-order valence-electron chi connectivity index (χ4n) is 2.69. The maximum absolute atomic E-state index is 10.9. The fourth-order valence-corrected chi connectivity index (χ4v) is 2.69. The number of carbonyl (C=O) groups excluding carboxylic acids is 1. The first-order chi connectivity index (χ1) is 7.05. The predicted octanol–water partition coefficient (Wildman–Crippen LogP) is 2.08. The highest BCUT2D eigenvalue weighted by Crippen LogP contribution is 2.40. The number of rotatable bonds is 3. The molecule has 0 amide bonds. The molecular weight excluding hydrogens is 192 g/mol. The van der Waals surface area contributed by atoms with Crippen LogP contribution in [0.5, 0.6) is 0 Å². The zero-order chi connectivity index (χ0) is 10.9. The van der Waals surface area contributed by atoms with Crippen LogP contribution in [0.15, 0.2) is 0 Å². The van der Waals surface area contributed by atoms with E-state index in [1.807, 2.05) is 6.92 Å². The Hall–Kier alpha value is -0.410. The lowest BCUT2D eigenvalue weighted by molar-refractivity contribution is -0.140. The van der Waals surface area contributed by atoms with Crippen LogP contribution in [-0.2, 0) is 14.3 Å². The number of aldehydes is 1. The average Bonchev–Trinajstić information content (AvgIpc) is 2.76. The lowest BCUT2D eigenvalue weighted by Crippen LogP contribution is -2.35. The van der Waals surface area contributed by atoms with Gasteiger partial charge >= 0.3 is 0 Å². The molecule has 2 heterocycles. The summed E-state index contributed by atoms with van der Waals surface area (Å²) in [6.45, 7) is 4.86. The standard InChI is InChI=1S/C12H20O3/c1-11(8-10-4-3-7-14-10)5-6-12(2,9-13)15-11/h9-10H,3-8H2,1-2H3. The summed E-state index contributed by atoms with van der Waals surface area (Å²) < 4.78 is 11.5. The summed E-state index contributed by atoms with van der Waals surface area (Å²) in [5, 5.41) is 0. The van der Waals surface area contributed by atoms with Gasteiger partial charge in [-0.3, -0.25) is 0 Å². The third-order valence-electron chi connectivity index (χ3n) is 3.56. The van der Waals surface area contributed by atoms with Crippen LogP contribution in [0.3, 0.4) is 0 Å². The van der Waals surface area contributed by atoms with Gasteiger partial charge in [0.1, 0.15) is 5.60 Å². The number of ether oxygens (including phenoxy) is 2. The molecule has 3 nitrogen and oxygen atoms in total. The van der Waals surface area contributed by atoms with Crippen molar-refractivity contribution in [3.05, 3.63) is 0 Å². The van der Waals surface area contributed by atoms with Crippen molar-refractivity contribution in [3.63, 3.8) is 0 Å². The van der Waals surface area contributed by atoms with Gasteiger partial charge in [-0.2, -0.15) is 0 Å². The minimum atomic E-state index is -0.562. The van der Waals surface area contributed by atoms with Gasteiger partial charge in [-0.1, -0.05) is 0 Å². The van der Waals surface area contributed by atoms with Gasteiger partial charge < -0.3 is 14.3 Å². The van der Waals surface area contributed by atoms with Crippen LogP contribution in [0.25, 0.3) is 0 Å². The van der Waals surface area contributed by atoms with Crippen molar-refractivity contribution in [1.29, 1.82) is 0 Å². The van der Waals surface area contributed by atoms with Crippen LogP contribution in [0.2, 0.25) is 0 Å². The lowest BCUT2D eigenvalue weighted by Gasteiger charge is -2.29. The fraction of sp³-hybridized carbons (Fsp3) is 0.917.